The molecule has 5 atom stereocenters. The largest absolute Gasteiger partial charge is 0.508 e. The Labute approximate surface area is 269 Å². The van der Waals surface area contributed by atoms with Crippen LogP contribution in [0, 0.1) is 0 Å². The number of hydrogen-bond donors (Lipinski definition) is 5. The average molecular weight is 663 g/mol. The van der Waals surface area contributed by atoms with Gasteiger partial charge < -0.3 is 49.2 Å². The first kappa shape index (κ1) is 36.4. The van der Waals surface area contributed by atoms with Crippen LogP contribution in [-0.2, 0) is 50.9 Å². The summed E-state index contributed by atoms with van der Waals surface area (Å²) in [6.45, 7) is 4.98. The number of aromatic hydroxyl groups is 4. The lowest BCUT2D eigenvalue weighted by atomic mass is 10.00. The van der Waals surface area contributed by atoms with E-state index in [0.717, 1.165) is 12.1 Å². The van der Waals surface area contributed by atoms with Crippen molar-refractivity contribution in [3.63, 3.8) is 0 Å². The molecule has 5 N–H and O–H groups in total. The summed E-state index contributed by atoms with van der Waals surface area (Å²) in [6, 6.07) is 4.16. The minimum Gasteiger partial charge on any atom is -0.508 e. The standard InChI is InChI=1S/C32H38O15/c1-15-5-19-9-21(34)11-24(36)29(19)32(42)46-18(4)8-27(39)47-23(14-33)13-28(40)44-16(2)6-20-10-22(35)12-25(37)30(20)31(41)45-17(3)7-26(38)43-15/h9-12,15-18,23,33-37H,5-8,13-14H2,1-4H3/t15-,16-,17+,18+,23-/m1/s1. The predicted octanol–water partition coefficient (Wildman–Crippen LogP) is 2.34. The summed E-state index contributed by atoms with van der Waals surface area (Å²) in [4.78, 5) is 63.9. The summed E-state index contributed by atoms with van der Waals surface area (Å²) >= 11 is 0. The molecule has 15 heteroatoms. The molecule has 0 radical (unpaired) electrons. The highest BCUT2D eigenvalue weighted by molar-refractivity contribution is 5.95. The number of cyclic esters (lactones) is 5. The van der Waals surface area contributed by atoms with Crippen LogP contribution in [0.1, 0.15) is 78.8 Å². The molecule has 0 bridgehead atoms. The zero-order valence-electron chi connectivity index (χ0n) is 26.3. The number of phenolic OH excluding ortho intramolecular Hbond substituents is 4. The maximum Gasteiger partial charge on any atom is 0.342 e. The van der Waals surface area contributed by atoms with Crippen molar-refractivity contribution in [1.82, 2.24) is 0 Å². The monoisotopic (exact) mass is 662 g/mol. The topological polar surface area (TPSA) is 233 Å². The van der Waals surface area contributed by atoms with E-state index in [4.69, 9.17) is 23.7 Å². The molecule has 0 saturated carbocycles. The van der Waals surface area contributed by atoms with Crippen molar-refractivity contribution in [1.29, 1.82) is 0 Å². The summed E-state index contributed by atoms with van der Waals surface area (Å²) in [5.74, 6) is -6.75. The number of hydrogen-bond acceptors (Lipinski definition) is 15. The van der Waals surface area contributed by atoms with Gasteiger partial charge in [0.2, 0.25) is 0 Å². The van der Waals surface area contributed by atoms with Gasteiger partial charge in [0, 0.05) is 25.0 Å². The smallest absolute Gasteiger partial charge is 0.342 e. The fourth-order valence-corrected chi connectivity index (χ4v) is 4.98. The molecule has 0 unspecified atom stereocenters. The SMILES string of the molecule is C[C@@H]1Cc2cc(O)cc(O)c2C(=O)O[C@@H](C)CC(=O)O[C@@H](CO)CC(=O)O[C@H](C)Cc2cc(O)cc(O)c2C(=O)O[C@@H](C)CC(=O)O1. The molecule has 0 aromatic heterocycles. The first-order valence-corrected chi connectivity index (χ1v) is 14.8. The van der Waals surface area contributed by atoms with Crippen molar-refractivity contribution in [2.45, 2.75) is 90.3 Å². The fraction of sp³-hybridized carbons (Fsp3) is 0.469. The zero-order valence-corrected chi connectivity index (χ0v) is 26.3. The van der Waals surface area contributed by atoms with Crippen LogP contribution in [0.5, 0.6) is 23.0 Å². The fourth-order valence-electron chi connectivity index (χ4n) is 4.98. The van der Waals surface area contributed by atoms with E-state index in [9.17, 15) is 49.5 Å². The summed E-state index contributed by atoms with van der Waals surface area (Å²) in [5, 5.41) is 50.7. The molecule has 3 rings (SSSR count). The van der Waals surface area contributed by atoms with Crippen molar-refractivity contribution in [3.8, 4) is 23.0 Å². The van der Waals surface area contributed by atoms with Crippen LogP contribution in [0.4, 0.5) is 0 Å². The molecule has 0 saturated heterocycles. The summed E-state index contributed by atoms with van der Waals surface area (Å²) < 4.78 is 26.5. The molecule has 1 aliphatic rings. The number of carbonyl (C=O) groups is 5. The van der Waals surface area contributed by atoms with Crippen LogP contribution >= 0.6 is 0 Å². The van der Waals surface area contributed by atoms with Gasteiger partial charge in [-0.25, -0.2) is 9.59 Å². The number of ether oxygens (including phenoxy) is 5. The predicted molar refractivity (Wildman–Crippen MR) is 159 cm³/mol. The second-order valence-corrected chi connectivity index (χ2v) is 11.3. The van der Waals surface area contributed by atoms with Gasteiger partial charge in [-0.3, -0.25) is 14.4 Å². The molecule has 47 heavy (non-hydrogen) atoms. The number of rotatable bonds is 1. The third kappa shape index (κ3) is 10.5. The van der Waals surface area contributed by atoms with E-state index in [1.165, 1.54) is 39.8 Å². The van der Waals surface area contributed by atoms with Crippen LogP contribution in [0.3, 0.4) is 0 Å². The van der Waals surface area contributed by atoms with Gasteiger partial charge in [-0.2, -0.15) is 0 Å². The number of phenols is 4. The molecule has 2 aromatic rings. The maximum atomic E-state index is 13.1. The van der Waals surface area contributed by atoms with Crippen LogP contribution in [-0.4, -0.2) is 92.5 Å². The van der Waals surface area contributed by atoms with Crippen LogP contribution < -0.4 is 0 Å². The first-order valence-electron chi connectivity index (χ1n) is 14.8. The Bertz CT molecular complexity index is 1500. The van der Waals surface area contributed by atoms with E-state index in [0.29, 0.717) is 0 Å². The minimum atomic E-state index is -1.32. The van der Waals surface area contributed by atoms with Gasteiger partial charge in [-0.05, 0) is 51.0 Å². The number of benzene rings is 2. The third-order valence-corrected chi connectivity index (χ3v) is 6.88. The number of aliphatic hydroxyl groups excluding tert-OH is 1. The number of carbonyl (C=O) groups excluding carboxylic acids is 5. The molecule has 256 valence electrons. The number of esters is 5. The van der Waals surface area contributed by atoms with Crippen molar-refractivity contribution >= 4 is 29.8 Å². The third-order valence-electron chi connectivity index (χ3n) is 6.88. The number of aliphatic hydroxyl groups is 1. The molecular formula is C32H38O15. The Kier molecular flexibility index (Phi) is 12.4. The molecule has 1 aliphatic heterocycles. The van der Waals surface area contributed by atoms with E-state index in [2.05, 4.69) is 0 Å². The number of fused-ring (bicyclic) bond motifs is 2. The van der Waals surface area contributed by atoms with E-state index in [-0.39, 0.29) is 40.8 Å². The Balaban J connectivity index is 1.92. The zero-order chi connectivity index (χ0) is 35.0. The molecule has 0 fully saturated rings. The highest BCUT2D eigenvalue weighted by Crippen LogP contribution is 2.31. The Morgan fingerprint density at radius 1 is 0.532 bits per heavy atom. The summed E-state index contributed by atoms with van der Waals surface area (Å²) in [7, 11) is 0. The molecular weight excluding hydrogens is 624 g/mol. The molecule has 2 aromatic carbocycles. The molecule has 1 heterocycles. The first-order chi connectivity index (χ1) is 22.1. The minimum absolute atomic E-state index is 0.0555. The van der Waals surface area contributed by atoms with Gasteiger partial charge in [-0.1, -0.05) is 0 Å². The second-order valence-electron chi connectivity index (χ2n) is 11.3. The molecule has 0 aliphatic carbocycles. The van der Waals surface area contributed by atoms with E-state index >= 15 is 0 Å². The lowest BCUT2D eigenvalue weighted by Crippen LogP contribution is -2.30. The Morgan fingerprint density at radius 2 is 0.894 bits per heavy atom. The highest BCUT2D eigenvalue weighted by atomic mass is 16.6. The second kappa shape index (κ2) is 16.0. The van der Waals surface area contributed by atoms with E-state index in [1.54, 1.807) is 0 Å². The van der Waals surface area contributed by atoms with E-state index in [1.807, 2.05) is 0 Å². The van der Waals surface area contributed by atoms with Crippen molar-refractivity contribution < 1.29 is 73.2 Å². The van der Waals surface area contributed by atoms with Crippen LogP contribution in [0.2, 0.25) is 0 Å². The molecule has 15 nitrogen and oxygen atoms in total. The Morgan fingerprint density at radius 3 is 1.30 bits per heavy atom. The molecule has 0 amide bonds. The van der Waals surface area contributed by atoms with Gasteiger partial charge in [-0.15, -0.1) is 0 Å². The van der Waals surface area contributed by atoms with E-state index < -0.39 is 103 Å². The average Bonchev–Trinajstić information content (AvgIpc) is 2.90. The van der Waals surface area contributed by atoms with Crippen molar-refractivity contribution in [2.75, 3.05) is 6.61 Å². The maximum absolute atomic E-state index is 13.1. The highest BCUT2D eigenvalue weighted by Gasteiger charge is 2.28. The summed E-state index contributed by atoms with van der Waals surface area (Å²) in [5.41, 5.74) is -0.574. The Hall–Kier alpha value is -5.05. The van der Waals surface area contributed by atoms with Gasteiger partial charge >= 0.3 is 29.8 Å². The van der Waals surface area contributed by atoms with Crippen molar-refractivity contribution in [3.05, 3.63) is 46.5 Å². The van der Waals surface area contributed by atoms with Crippen LogP contribution in [0.15, 0.2) is 24.3 Å². The van der Waals surface area contributed by atoms with Gasteiger partial charge in [0.1, 0.15) is 64.6 Å². The van der Waals surface area contributed by atoms with Crippen molar-refractivity contribution in [2.24, 2.45) is 0 Å². The van der Waals surface area contributed by atoms with Gasteiger partial charge in [0.25, 0.3) is 0 Å². The quantitative estimate of drug-likeness (QED) is 0.218. The van der Waals surface area contributed by atoms with Gasteiger partial charge in [0.15, 0.2) is 0 Å². The lowest BCUT2D eigenvalue weighted by molar-refractivity contribution is -0.160. The molecule has 0 spiro atoms. The van der Waals surface area contributed by atoms with Gasteiger partial charge in [0.05, 0.1) is 25.9 Å². The summed E-state index contributed by atoms with van der Waals surface area (Å²) in [6.07, 6.45) is -7.13. The lowest BCUT2D eigenvalue weighted by Gasteiger charge is -2.21. The normalized spacial score (nSPS) is 24.3. The van der Waals surface area contributed by atoms with Crippen LogP contribution in [0.25, 0.3) is 0 Å².